The second-order valence-electron chi connectivity index (χ2n) is 5.06. The van der Waals surface area contributed by atoms with E-state index in [0.29, 0.717) is 11.1 Å². The number of aryl methyl sites for hydroxylation is 1. The van der Waals surface area contributed by atoms with Crippen LogP contribution in [0.25, 0.3) is 0 Å². The van der Waals surface area contributed by atoms with Gasteiger partial charge in [-0.15, -0.1) is 0 Å². The van der Waals surface area contributed by atoms with Crippen molar-refractivity contribution in [1.29, 1.82) is 0 Å². The lowest BCUT2D eigenvalue weighted by Crippen LogP contribution is -2.09. The van der Waals surface area contributed by atoms with Crippen molar-refractivity contribution in [3.05, 3.63) is 74.8 Å². The van der Waals surface area contributed by atoms with E-state index in [0.717, 1.165) is 18.2 Å². The van der Waals surface area contributed by atoms with Gasteiger partial charge in [0, 0.05) is 23.6 Å². The van der Waals surface area contributed by atoms with E-state index in [1.54, 1.807) is 13.0 Å². The Morgan fingerprint density at radius 1 is 1.17 bits per heavy atom. The minimum absolute atomic E-state index is 0.0805. The van der Waals surface area contributed by atoms with Crippen LogP contribution < -0.4 is 0 Å². The maximum Gasteiger partial charge on any atom is 0.416 e. The Morgan fingerprint density at radius 2 is 1.87 bits per heavy atom. The van der Waals surface area contributed by atoms with Crippen LogP contribution in [-0.4, -0.2) is 10.7 Å². The quantitative estimate of drug-likeness (QED) is 0.477. The van der Waals surface area contributed by atoms with Gasteiger partial charge in [-0.2, -0.15) is 13.2 Å². The van der Waals surface area contributed by atoms with Gasteiger partial charge in [0.25, 0.3) is 5.69 Å². The fraction of sp³-hybridized carbons (Fsp3) is 0.188. The Hall–Kier alpha value is -2.70. The van der Waals surface area contributed by atoms with Crippen LogP contribution in [0, 0.1) is 17.0 Å². The highest BCUT2D eigenvalue weighted by Gasteiger charge is 2.30. The molecule has 0 atom stereocenters. The fourth-order valence-corrected chi connectivity index (χ4v) is 2.12. The average Bonchev–Trinajstić information content (AvgIpc) is 2.48. The molecule has 0 heterocycles. The third-order valence-electron chi connectivity index (χ3n) is 3.35. The number of rotatable bonds is 4. The minimum atomic E-state index is -4.53. The maximum absolute atomic E-state index is 12.7. The molecule has 0 radical (unpaired) electrons. The summed E-state index contributed by atoms with van der Waals surface area (Å²) in [6.07, 6.45) is -4.73. The number of benzene rings is 2. The van der Waals surface area contributed by atoms with E-state index in [1.165, 1.54) is 18.2 Å². The molecule has 7 heteroatoms. The molecule has 0 amide bonds. The minimum Gasteiger partial charge on any atom is -0.294 e. The topological polar surface area (TPSA) is 60.2 Å². The van der Waals surface area contributed by atoms with Crippen molar-refractivity contribution in [2.24, 2.45) is 0 Å². The summed E-state index contributed by atoms with van der Waals surface area (Å²) < 4.78 is 38.0. The molecule has 0 aliphatic rings. The van der Waals surface area contributed by atoms with Crippen molar-refractivity contribution in [3.63, 3.8) is 0 Å². The summed E-state index contributed by atoms with van der Waals surface area (Å²) in [5.41, 5.74) is -0.282. The number of nitro groups is 1. The van der Waals surface area contributed by atoms with Gasteiger partial charge in [0.15, 0.2) is 5.78 Å². The van der Waals surface area contributed by atoms with Crippen molar-refractivity contribution in [2.75, 3.05) is 0 Å². The number of nitrogens with zero attached hydrogens (tertiary/aromatic N) is 1. The molecule has 0 aliphatic heterocycles. The van der Waals surface area contributed by atoms with Gasteiger partial charge in [-0.25, -0.2) is 0 Å². The Bertz CT molecular complexity index is 769. The summed E-state index contributed by atoms with van der Waals surface area (Å²) >= 11 is 0. The Labute approximate surface area is 129 Å². The van der Waals surface area contributed by atoms with Gasteiger partial charge in [-0.1, -0.05) is 24.3 Å². The molecule has 4 nitrogen and oxygen atoms in total. The monoisotopic (exact) mass is 323 g/mol. The predicted molar refractivity (Wildman–Crippen MR) is 77.3 cm³/mol. The van der Waals surface area contributed by atoms with Crippen LogP contribution in [0.3, 0.4) is 0 Å². The largest absolute Gasteiger partial charge is 0.416 e. The first-order valence-electron chi connectivity index (χ1n) is 6.63. The molecular weight excluding hydrogens is 311 g/mol. The molecule has 2 aromatic rings. The molecule has 0 fully saturated rings. The van der Waals surface area contributed by atoms with Crippen molar-refractivity contribution >= 4 is 11.5 Å². The molecular formula is C16H12F3NO3. The van der Waals surface area contributed by atoms with Gasteiger partial charge in [-0.3, -0.25) is 14.9 Å². The molecule has 0 bridgehead atoms. The number of nitro benzene ring substituents is 1. The average molecular weight is 323 g/mol. The number of halogens is 3. The van der Waals surface area contributed by atoms with Gasteiger partial charge >= 0.3 is 6.18 Å². The van der Waals surface area contributed by atoms with Gasteiger partial charge in [0.1, 0.15) is 0 Å². The van der Waals surface area contributed by atoms with Crippen molar-refractivity contribution in [1.82, 2.24) is 0 Å². The van der Waals surface area contributed by atoms with Crippen LogP contribution in [0.5, 0.6) is 0 Å². The van der Waals surface area contributed by atoms with Crippen LogP contribution in [0.15, 0.2) is 42.5 Å². The number of carbonyl (C=O) groups excluding carboxylic acids is 1. The lowest BCUT2D eigenvalue weighted by atomic mass is 10.00. The smallest absolute Gasteiger partial charge is 0.294 e. The highest BCUT2D eigenvalue weighted by molar-refractivity contribution is 5.97. The number of hydrogen-bond acceptors (Lipinski definition) is 3. The number of carbonyl (C=O) groups is 1. The van der Waals surface area contributed by atoms with Crippen LogP contribution >= 0.6 is 0 Å². The second-order valence-corrected chi connectivity index (χ2v) is 5.06. The number of hydrogen-bond donors (Lipinski definition) is 0. The van der Waals surface area contributed by atoms with Crippen molar-refractivity contribution < 1.29 is 22.9 Å². The zero-order valence-corrected chi connectivity index (χ0v) is 12.1. The van der Waals surface area contributed by atoms with Gasteiger partial charge < -0.3 is 0 Å². The van der Waals surface area contributed by atoms with Crippen molar-refractivity contribution in [3.8, 4) is 0 Å². The van der Waals surface area contributed by atoms with Crippen LogP contribution in [0.1, 0.15) is 27.0 Å². The van der Waals surface area contributed by atoms with Crippen LogP contribution in [0.4, 0.5) is 18.9 Å². The van der Waals surface area contributed by atoms with E-state index < -0.39 is 22.4 Å². The first kappa shape index (κ1) is 16.7. The molecule has 0 aromatic heterocycles. The molecule has 120 valence electrons. The highest BCUT2D eigenvalue weighted by Crippen LogP contribution is 2.30. The lowest BCUT2D eigenvalue weighted by Gasteiger charge is -2.08. The SMILES string of the molecule is Cc1ccc(CC(=O)c2cccc(C(F)(F)F)c2)cc1[N+](=O)[O-]. The molecule has 2 aromatic carbocycles. The van der Waals surface area contributed by atoms with Crippen LogP contribution in [-0.2, 0) is 12.6 Å². The first-order chi connectivity index (χ1) is 10.7. The second kappa shape index (κ2) is 6.20. The molecule has 0 saturated heterocycles. The summed E-state index contributed by atoms with van der Waals surface area (Å²) in [7, 11) is 0. The predicted octanol–water partition coefficient (Wildman–Crippen LogP) is 4.35. The van der Waals surface area contributed by atoms with Gasteiger partial charge in [0.05, 0.1) is 10.5 Å². The van der Waals surface area contributed by atoms with E-state index in [2.05, 4.69) is 0 Å². The summed E-state index contributed by atoms with van der Waals surface area (Å²) in [5, 5.41) is 10.9. The van der Waals surface area contributed by atoms with Crippen molar-refractivity contribution in [2.45, 2.75) is 19.5 Å². The fourth-order valence-electron chi connectivity index (χ4n) is 2.12. The summed E-state index contributed by atoms with van der Waals surface area (Å²) in [6, 6.07) is 8.44. The Kier molecular flexibility index (Phi) is 4.49. The summed E-state index contributed by atoms with van der Waals surface area (Å²) in [5.74, 6) is -0.533. The molecule has 2 rings (SSSR count). The molecule has 0 N–H and O–H groups in total. The standard InChI is InChI=1S/C16H12F3NO3/c1-10-5-6-11(7-14(10)20(22)23)8-15(21)12-3-2-4-13(9-12)16(17,18)19/h2-7,9H,8H2,1H3. The van der Waals surface area contributed by atoms with E-state index >= 15 is 0 Å². The number of alkyl halides is 3. The molecule has 0 aliphatic carbocycles. The zero-order valence-electron chi connectivity index (χ0n) is 12.1. The van der Waals surface area contributed by atoms with Crippen LogP contribution in [0.2, 0.25) is 0 Å². The molecule has 0 spiro atoms. The van der Waals surface area contributed by atoms with E-state index in [1.807, 2.05) is 0 Å². The molecule has 23 heavy (non-hydrogen) atoms. The summed E-state index contributed by atoms with van der Waals surface area (Å²) in [4.78, 5) is 22.4. The first-order valence-corrected chi connectivity index (χ1v) is 6.63. The summed E-state index contributed by atoms with van der Waals surface area (Å²) in [6.45, 7) is 1.57. The normalized spacial score (nSPS) is 11.3. The van der Waals surface area contributed by atoms with E-state index in [-0.39, 0.29) is 17.7 Å². The molecule has 0 unspecified atom stereocenters. The Balaban J connectivity index is 2.26. The zero-order chi connectivity index (χ0) is 17.2. The Morgan fingerprint density at radius 3 is 2.48 bits per heavy atom. The lowest BCUT2D eigenvalue weighted by molar-refractivity contribution is -0.385. The van der Waals surface area contributed by atoms with E-state index in [4.69, 9.17) is 0 Å². The number of Topliss-reactive ketones (excluding diaryl/α,β-unsaturated/α-hetero) is 1. The van der Waals surface area contributed by atoms with Gasteiger partial charge in [-0.05, 0) is 24.6 Å². The third kappa shape index (κ3) is 3.94. The third-order valence-corrected chi connectivity index (χ3v) is 3.35. The molecule has 0 saturated carbocycles. The van der Waals surface area contributed by atoms with E-state index in [9.17, 15) is 28.1 Å². The number of ketones is 1. The highest BCUT2D eigenvalue weighted by atomic mass is 19.4. The van der Waals surface area contributed by atoms with Gasteiger partial charge in [0.2, 0.25) is 0 Å². The maximum atomic E-state index is 12.7.